The van der Waals surface area contributed by atoms with Gasteiger partial charge in [0.15, 0.2) is 0 Å². The van der Waals surface area contributed by atoms with Gasteiger partial charge in [-0.25, -0.2) is 0 Å². The minimum Gasteiger partial charge on any atom is -0.377 e. The van der Waals surface area contributed by atoms with Gasteiger partial charge >= 0.3 is 0 Å². The zero-order chi connectivity index (χ0) is 12.3. The molecule has 3 N–H and O–H groups in total. The fourth-order valence-electron chi connectivity index (χ4n) is 2.34. The highest BCUT2D eigenvalue weighted by atomic mass is 16.5. The SMILES string of the molecule is CC(C)OCC(NN)c1ccc2c(c1)CCC2. The van der Waals surface area contributed by atoms with E-state index in [1.54, 1.807) is 0 Å². The highest BCUT2D eigenvalue weighted by Crippen LogP contribution is 2.25. The van der Waals surface area contributed by atoms with Crippen molar-refractivity contribution in [3.8, 4) is 0 Å². The number of nitrogens with one attached hydrogen (secondary N) is 1. The maximum absolute atomic E-state index is 5.63. The molecule has 1 aromatic rings. The lowest BCUT2D eigenvalue weighted by atomic mass is 10.0. The molecule has 0 fully saturated rings. The molecule has 3 heteroatoms. The standard InChI is InChI=1S/C14H22N2O/c1-10(2)17-9-14(16-15)13-7-6-11-4-3-5-12(11)8-13/h6-8,10,14,16H,3-5,9,15H2,1-2H3. The van der Waals surface area contributed by atoms with E-state index in [1.807, 2.05) is 13.8 Å². The van der Waals surface area contributed by atoms with Gasteiger partial charge in [0.1, 0.15) is 0 Å². The Morgan fingerprint density at radius 1 is 1.29 bits per heavy atom. The summed E-state index contributed by atoms with van der Waals surface area (Å²) in [5.41, 5.74) is 7.04. The van der Waals surface area contributed by atoms with Gasteiger partial charge in [0, 0.05) is 0 Å². The first-order valence-corrected chi connectivity index (χ1v) is 6.40. The molecular formula is C14H22N2O. The van der Waals surface area contributed by atoms with E-state index in [1.165, 1.54) is 36.0 Å². The Hall–Kier alpha value is -0.900. The van der Waals surface area contributed by atoms with Gasteiger partial charge < -0.3 is 4.74 Å². The fourth-order valence-corrected chi connectivity index (χ4v) is 2.34. The van der Waals surface area contributed by atoms with E-state index in [0.717, 1.165) is 0 Å². The lowest BCUT2D eigenvalue weighted by molar-refractivity contribution is 0.0611. The Balaban J connectivity index is 2.08. The number of ether oxygens (including phenoxy) is 1. The molecule has 94 valence electrons. The third-order valence-corrected chi connectivity index (χ3v) is 3.32. The average molecular weight is 234 g/mol. The first-order valence-electron chi connectivity index (χ1n) is 6.40. The van der Waals surface area contributed by atoms with E-state index < -0.39 is 0 Å². The van der Waals surface area contributed by atoms with Crippen molar-refractivity contribution in [2.24, 2.45) is 5.84 Å². The number of hydrazine groups is 1. The van der Waals surface area contributed by atoms with Crippen LogP contribution in [0.15, 0.2) is 18.2 Å². The molecule has 0 aliphatic heterocycles. The molecule has 2 rings (SSSR count). The van der Waals surface area contributed by atoms with Gasteiger partial charge in [0.05, 0.1) is 18.8 Å². The van der Waals surface area contributed by atoms with E-state index >= 15 is 0 Å². The van der Waals surface area contributed by atoms with Crippen LogP contribution < -0.4 is 11.3 Å². The largest absolute Gasteiger partial charge is 0.377 e. The van der Waals surface area contributed by atoms with Crippen LogP contribution in [0.25, 0.3) is 0 Å². The van der Waals surface area contributed by atoms with Gasteiger partial charge in [0.2, 0.25) is 0 Å². The number of hydrogen-bond donors (Lipinski definition) is 2. The summed E-state index contributed by atoms with van der Waals surface area (Å²) in [4.78, 5) is 0. The highest BCUT2D eigenvalue weighted by molar-refractivity contribution is 5.36. The van der Waals surface area contributed by atoms with Crippen LogP contribution in [0.1, 0.15) is 43.0 Å². The highest BCUT2D eigenvalue weighted by Gasteiger charge is 2.15. The first-order chi connectivity index (χ1) is 8.20. The molecule has 0 spiro atoms. The van der Waals surface area contributed by atoms with E-state index in [9.17, 15) is 0 Å². The molecule has 1 atom stereocenters. The molecule has 0 heterocycles. The van der Waals surface area contributed by atoms with Gasteiger partial charge in [-0.05, 0) is 49.8 Å². The van der Waals surface area contributed by atoms with Crippen molar-refractivity contribution in [1.29, 1.82) is 0 Å². The summed E-state index contributed by atoms with van der Waals surface area (Å²) in [6, 6.07) is 6.76. The summed E-state index contributed by atoms with van der Waals surface area (Å²) in [5.74, 6) is 5.61. The van der Waals surface area contributed by atoms with Crippen LogP contribution in [0, 0.1) is 0 Å². The predicted molar refractivity (Wildman–Crippen MR) is 69.6 cm³/mol. The minimum atomic E-state index is 0.0864. The number of rotatable bonds is 5. The average Bonchev–Trinajstić information content (AvgIpc) is 2.76. The summed E-state index contributed by atoms with van der Waals surface area (Å²) < 4.78 is 5.63. The summed E-state index contributed by atoms with van der Waals surface area (Å²) >= 11 is 0. The van der Waals surface area contributed by atoms with Gasteiger partial charge in [-0.15, -0.1) is 0 Å². The summed E-state index contributed by atoms with van der Waals surface area (Å²) in [7, 11) is 0. The molecule has 17 heavy (non-hydrogen) atoms. The molecule has 1 unspecified atom stereocenters. The number of aryl methyl sites for hydroxylation is 2. The van der Waals surface area contributed by atoms with Crippen molar-refractivity contribution in [3.63, 3.8) is 0 Å². The zero-order valence-electron chi connectivity index (χ0n) is 10.7. The molecule has 0 saturated carbocycles. The van der Waals surface area contributed by atoms with E-state index in [4.69, 9.17) is 10.6 Å². The van der Waals surface area contributed by atoms with Gasteiger partial charge in [-0.3, -0.25) is 11.3 Å². The molecule has 1 aromatic carbocycles. The van der Waals surface area contributed by atoms with Crippen molar-refractivity contribution >= 4 is 0 Å². The van der Waals surface area contributed by atoms with Crippen LogP contribution in [0.5, 0.6) is 0 Å². The Morgan fingerprint density at radius 2 is 2.06 bits per heavy atom. The van der Waals surface area contributed by atoms with Gasteiger partial charge in [-0.1, -0.05) is 18.2 Å². The topological polar surface area (TPSA) is 47.3 Å². The van der Waals surface area contributed by atoms with Crippen LogP contribution in [0.4, 0.5) is 0 Å². The molecule has 0 bridgehead atoms. The first kappa shape index (κ1) is 12.6. The quantitative estimate of drug-likeness (QED) is 0.606. The number of nitrogens with two attached hydrogens (primary N) is 1. The van der Waals surface area contributed by atoms with Crippen molar-refractivity contribution in [2.45, 2.75) is 45.3 Å². The third-order valence-electron chi connectivity index (χ3n) is 3.32. The van der Waals surface area contributed by atoms with Crippen molar-refractivity contribution < 1.29 is 4.74 Å². The second-order valence-corrected chi connectivity index (χ2v) is 4.98. The predicted octanol–water partition coefficient (Wildman–Crippen LogP) is 2.10. The van der Waals surface area contributed by atoms with Crippen molar-refractivity contribution in [2.75, 3.05) is 6.61 Å². The Bertz CT molecular complexity index is 376. The Labute approximate surface area is 103 Å². The van der Waals surface area contributed by atoms with Crippen molar-refractivity contribution in [1.82, 2.24) is 5.43 Å². The van der Waals surface area contributed by atoms with Crippen LogP contribution in [0.2, 0.25) is 0 Å². The van der Waals surface area contributed by atoms with Crippen molar-refractivity contribution in [3.05, 3.63) is 34.9 Å². The summed E-state index contributed by atoms with van der Waals surface area (Å²) in [5, 5.41) is 0. The Kier molecular flexibility index (Phi) is 4.15. The zero-order valence-corrected chi connectivity index (χ0v) is 10.7. The van der Waals surface area contributed by atoms with Crippen LogP contribution in [-0.4, -0.2) is 12.7 Å². The lowest BCUT2D eigenvalue weighted by Gasteiger charge is -2.19. The summed E-state index contributed by atoms with van der Waals surface area (Å²) in [6.07, 6.45) is 3.94. The molecule has 0 radical (unpaired) electrons. The molecule has 3 nitrogen and oxygen atoms in total. The van der Waals surface area contributed by atoms with E-state index in [0.29, 0.717) is 6.61 Å². The smallest absolute Gasteiger partial charge is 0.0694 e. The molecule has 1 aliphatic carbocycles. The molecule has 0 saturated heterocycles. The molecular weight excluding hydrogens is 212 g/mol. The normalized spacial score (nSPS) is 16.2. The second-order valence-electron chi connectivity index (χ2n) is 4.98. The maximum Gasteiger partial charge on any atom is 0.0694 e. The summed E-state index contributed by atoms with van der Waals surface area (Å²) in [6.45, 7) is 4.69. The van der Waals surface area contributed by atoms with Crippen LogP contribution in [-0.2, 0) is 17.6 Å². The number of hydrogen-bond acceptors (Lipinski definition) is 3. The Morgan fingerprint density at radius 3 is 2.76 bits per heavy atom. The van der Waals surface area contributed by atoms with Gasteiger partial charge in [0.25, 0.3) is 0 Å². The molecule has 0 aromatic heterocycles. The lowest BCUT2D eigenvalue weighted by Crippen LogP contribution is -2.32. The second kappa shape index (κ2) is 5.63. The van der Waals surface area contributed by atoms with Crippen LogP contribution >= 0.6 is 0 Å². The van der Waals surface area contributed by atoms with E-state index in [2.05, 4.69) is 23.6 Å². The fraction of sp³-hybridized carbons (Fsp3) is 0.571. The molecule has 0 amide bonds. The number of fused-ring (bicyclic) bond motifs is 1. The monoisotopic (exact) mass is 234 g/mol. The van der Waals surface area contributed by atoms with E-state index in [-0.39, 0.29) is 12.1 Å². The van der Waals surface area contributed by atoms with Crippen LogP contribution in [0.3, 0.4) is 0 Å². The number of benzene rings is 1. The minimum absolute atomic E-state index is 0.0864. The maximum atomic E-state index is 5.63. The van der Waals surface area contributed by atoms with Gasteiger partial charge in [-0.2, -0.15) is 0 Å². The molecule has 1 aliphatic rings. The third kappa shape index (κ3) is 3.06.